The molecule has 0 rings (SSSR count). The fourth-order valence-electron chi connectivity index (χ4n) is 0.627. The molecule has 0 aliphatic carbocycles. The quantitative estimate of drug-likeness (QED) is 0.526. The minimum atomic E-state index is 0.191. The molecule has 0 saturated carbocycles. The van der Waals surface area contributed by atoms with Crippen molar-refractivity contribution in [2.24, 2.45) is 10.8 Å². The van der Waals surface area contributed by atoms with Gasteiger partial charge in [-0.2, -0.15) is 0 Å². The first kappa shape index (κ1) is 11.1. The van der Waals surface area contributed by atoms with Crippen molar-refractivity contribution in [2.75, 3.05) is 0 Å². The van der Waals surface area contributed by atoms with Crippen LogP contribution in [0.5, 0.6) is 0 Å². The van der Waals surface area contributed by atoms with E-state index in [-0.39, 0.29) is 10.8 Å². The van der Waals surface area contributed by atoms with Gasteiger partial charge in [0.1, 0.15) is 0 Å². The van der Waals surface area contributed by atoms with Crippen molar-refractivity contribution < 1.29 is 0 Å². The van der Waals surface area contributed by atoms with E-state index in [9.17, 15) is 0 Å². The Morgan fingerprint density at radius 3 is 1.45 bits per heavy atom. The van der Waals surface area contributed by atoms with E-state index in [4.69, 9.17) is 0 Å². The molecule has 11 heavy (non-hydrogen) atoms. The van der Waals surface area contributed by atoms with Crippen LogP contribution in [0.15, 0.2) is 11.0 Å². The molecule has 0 spiro atoms. The van der Waals surface area contributed by atoms with Gasteiger partial charge in [-0.3, -0.25) is 0 Å². The summed E-state index contributed by atoms with van der Waals surface area (Å²) >= 11 is 4.47. The SMILES string of the molecule is CC(C)(C)/C=C(\S)C(C)(C)C. The van der Waals surface area contributed by atoms with Gasteiger partial charge in [0.2, 0.25) is 0 Å². The van der Waals surface area contributed by atoms with Crippen LogP contribution in [0.3, 0.4) is 0 Å². The minimum absolute atomic E-state index is 0.191. The lowest BCUT2D eigenvalue weighted by Gasteiger charge is -2.22. The summed E-state index contributed by atoms with van der Waals surface area (Å²) in [6.45, 7) is 13.1. The van der Waals surface area contributed by atoms with E-state index in [0.717, 1.165) is 0 Å². The summed E-state index contributed by atoms with van der Waals surface area (Å²) in [7, 11) is 0. The van der Waals surface area contributed by atoms with Gasteiger partial charge in [-0.05, 0) is 15.7 Å². The topological polar surface area (TPSA) is 0 Å². The maximum Gasteiger partial charge on any atom is -0.00776 e. The zero-order valence-electron chi connectivity index (χ0n) is 8.52. The van der Waals surface area contributed by atoms with Gasteiger partial charge < -0.3 is 0 Å². The van der Waals surface area contributed by atoms with Crippen molar-refractivity contribution in [3.63, 3.8) is 0 Å². The van der Waals surface area contributed by atoms with Gasteiger partial charge in [-0.1, -0.05) is 47.6 Å². The highest BCUT2D eigenvalue weighted by Crippen LogP contribution is 2.31. The summed E-state index contributed by atoms with van der Waals surface area (Å²) < 4.78 is 0. The first-order chi connectivity index (χ1) is 4.63. The molecule has 0 amide bonds. The molecule has 0 heterocycles. The van der Waals surface area contributed by atoms with E-state index in [2.05, 4.69) is 60.2 Å². The van der Waals surface area contributed by atoms with Crippen molar-refractivity contribution in [3.8, 4) is 0 Å². The third kappa shape index (κ3) is 5.37. The molecule has 0 fully saturated rings. The van der Waals surface area contributed by atoms with Crippen LogP contribution in [0.1, 0.15) is 41.5 Å². The molecule has 66 valence electrons. The van der Waals surface area contributed by atoms with Gasteiger partial charge in [0.05, 0.1) is 0 Å². The van der Waals surface area contributed by atoms with Crippen molar-refractivity contribution in [2.45, 2.75) is 41.5 Å². The second kappa shape index (κ2) is 3.22. The van der Waals surface area contributed by atoms with Gasteiger partial charge in [0.25, 0.3) is 0 Å². The van der Waals surface area contributed by atoms with Crippen LogP contribution in [0, 0.1) is 10.8 Å². The lowest BCUT2D eigenvalue weighted by molar-refractivity contribution is 0.495. The smallest absolute Gasteiger partial charge is 0.00776 e. The molecule has 1 heteroatoms. The number of hydrogen-bond acceptors (Lipinski definition) is 1. The standard InChI is InChI=1S/C10H20S/c1-9(2,3)7-8(11)10(4,5)6/h7,11H,1-6H3/b8-7-. The average molecular weight is 172 g/mol. The van der Waals surface area contributed by atoms with Gasteiger partial charge in [0, 0.05) is 0 Å². The zero-order valence-corrected chi connectivity index (χ0v) is 9.42. The Bertz CT molecular complexity index is 153. The van der Waals surface area contributed by atoms with Gasteiger partial charge >= 0.3 is 0 Å². The van der Waals surface area contributed by atoms with Crippen LogP contribution in [-0.4, -0.2) is 0 Å². The number of thiol groups is 1. The summed E-state index contributed by atoms with van der Waals surface area (Å²) in [5, 5.41) is 0. The largest absolute Gasteiger partial charge is 0.148 e. The molecular formula is C10H20S. The third-order valence-corrected chi connectivity index (χ3v) is 2.14. The highest BCUT2D eigenvalue weighted by atomic mass is 32.1. The van der Waals surface area contributed by atoms with Crippen LogP contribution in [-0.2, 0) is 0 Å². The number of allylic oxidation sites excluding steroid dienone is 2. The summed E-state index contributed by atoms with van der Waals surface area (Å²) in [5.74, 6) is 0. The van der Waals surface area contributed by atoms with Gasteiger partial charge in [-0.15, -0.1) is 12.6 Å². The molecule has 0 saturated heterocycles. The molecule has 0 N–H and O–H groups in total. The maximum absolute atomic E-state index is 4.47. The number of hydrogen-bond donors (Lipinski definition) is 1. The lowest BCUT2D eigenvalue weighted by Crippen LogP contribution is -2.09. The number of rotatable bonds is 0. The van der Waals surface area contributed by atoms with E-state index in [1.165, 1.54) is 4.91 Å². The summed E-state index contributed by atoms with van der Waals surface area (Å²) in [4.78, 5) is 1.17. The lowest BCUT2D eigenvalue weighted by atomic mass is 9.89. The van der Waals surface area contributed by atoms with Crippen molar-refractivity contribution >= 4 is 12.6 Å². The van der Waals surface area contributed by atoms with Crippen molar-refractivity contribution in [1.29, 1.82) is 0 Å². The van der Waals surface area contributed by atoms with E-state index in [0.29, 0.717) is 0 Å². The van der Waals surface area contributed by atoms with Gasteiger partial charge in [0.15, 0.2) is 0 Å². The normalized spacial score (nSPS) is 15.4. The third-order valence-electron chi connectivity index (χ3n) is 1.34. The predicted molar refractivity (Wildman–Crippen MR) is 56.0 cm³/mol. The van der Waals surface area contributed by atoms with E-state index in [1.54, 1.807) is 0 Å². The van der Waals surface area contributed by atoms with Crippen LogP contribution >= 0.6 is 12.6 Å². The first-order valence-electron chi connectivity index (χ1n) is 4.05. The highest BCUT2D eigenvalue weighted by molar-refractivity contribution is 7.84. The zero-order chi connectivity index (χ0) is 9.28. The van der Waals surface area contributed by atoms with Crippen LogP contribution in [0.4, 0.5) is 0 Å². The fourth-order valence-corrected chi connectivity index (χ4v) is 1.01. The molecule has 0 unspecified atom stereocenters. The molecule has 0 atom stereocenters. The Hall–Kier alpha value is 0.0900. The fraction of sp³-hybridized carbons (Fsp3) is 0.800. The molecule has 0 bridgehead atoms. The monoisotopic (exact) mass is 172 g/mol. The van der Waals surface area contributed by atoms with E-state index >= 15 is 0 Å². The van der Waals surface area contributed by atoms with Gasteiger partial charge in [-0.25, -0.2) is 0 Å². The molecule has 0 aromatic carbocycles. The molecule has 0 aromatic rings. The Labute approximate surface area is 76.5 Å². The van der Waals surface area contributed by atoms with Crippen molar-refractivity contribution in [3.05, 3.63) is 11.0 Å². The van der Waals surface area contributed by atoms with E-state index in [1.807, 2.05) is 0 Å². The highest BCUT2D eigenvalue weighted by Gasteiger charge is 2.16. The molecule has 0 aliphatic rings. The first-order valence-corrected chi connectivity index (χ1v) is 4.50. The predicted octanol–water partition coefficient (Wildman–Crippen LogP) is 3.89. The minimum Gasteiger partial charge on any atom is -0.148 e. The molecule has 0 aliphatic heterocycles. The van der Waals surface area contributed by atoms with Crippen LogP contribution in [0.25, 0.3) is 0 Å². The van der Waals surface area contributed by atoms with Crippen LogP contribution in [0.2, 0.25) is 0 Å². The van der Waals surface area contributed by atoms with E-state index < -0.39 is 0 Å². The maximum atomic E-state index is 4.47. The second-order valence-corrected chi connectivity index (χ2v) is 5.63. The Morgan fingerprint density at radius 1 is 1.00 bits per heavy atom. The molecular weight excluding hydrogens is 152 g/mol. The second-order valence-electron chi connectivity index (χ2n) is 5.15. The summed E-state index contributed by atoms with van der Waals surface area (Å²) in [5.41, 5.74) is 0.431. The van der Waals surface area contributed by atoms with Crippen LogP contribution < -0.4 is 0 Å². The Balaban J connectivity index is 4.49. The Kier molecular flexibility index (Phi) is 3.25. The summed E-state index contributed by atoms with van der Waals surface area (Å²) in [6, 6.07) is 0. The molecule has 0 radical (unpaired) electrons. The molecule has 0 nitrogen and oxygen atoms in total. The molecule has 0 aromatic heterocycles. The van der Waals surface area contributed by atoms with Crippen molar-refractivity contribution in [1.82, 2.24) is 0 Å². The Morgan fingerprint density at radius 2 is 1.36 bits per heavy atom. The average Bonchev–Trinajstić information content (AvgIpc) is 1.56. The summed E-state index contributed by atoms with van der Waals surface area (Å²) in [6.07, 6.45) is 2.22.